The third kappa shape index (κ3) is 3.21. The normalized spacial score (nSPS) is 13.2. The Hall–Kier alpha value is -1.07. The second kappa shape index (κ2) is 4.84. The first-order chi connectivity index (χ1) is 7.34. The van der Waals surface area contributed by atoms with E-state index in [1.165, 1.54) is 18.2 Å². The van der Waals surface area contributed by atoms with Crippen LogP contribution in [0.5, 0.6) is 5.75 Å². The molecule has 1 aromatic carbocycles. The number of halogens is 2. The van der Waals surface area contributed by atoms with Gasteiger partial charge in [0.2, 0.25) is 0 Å². The van der Waals surface area contributed by atoms with Gasteiger partial charge in [-0.25, -0.2) is 12.8 Å². The van der Waals surface area contributed by atoms with Crippen LogP contribution in [0.1, 0.15) is 6.92 Å². The summed E-state index contributed by atoms with van der Waals surface area (Å²) >= 11 is 0. The van der Waals surface area contributed by atoms with Crippen molar-refractivity contribution in [2.75, 3.05) is 0 Å². The van der Waals surface area contributed by atoms with Crippen molar-refractivity contribution in [3.63, 3.8) is 0 Å². The van der Waals surface area contributed by atoms with Crippen LogP contribution in [0.3, 0.4) is 0 Å². The number of rotatable bonds is 4. The van der Waals surface area contributed by atoms with E-state index >= 15 is 0 Å². The first-order valence-corrected chi connectivity index (χ1v) is 6.69. The minimum Gasteiger partial charge on any atom is -0.484 e. The lowest BCUT2D eigenvalue weighted by Crippen LogP contribution is -2.08. The summed E-state index contributed by atoms with van der Waals surface area (Å²) in [4.78, 5) is -0.301. The number of benzene rings is 1. The SMILES string of the molecule is C=CC(C)Oc1ccc(S(=O)(=O)Cl)cc1F. The summed E-state index contributed by atoms with van der Waals surface area (Å²) in [5.41, 5.74) is 0. The summed E-state index contributed by atoms with van der Waals surface area (Å²) in [5.74, 6) is -0.827. The lowest BCUT2D eigenvalue weighted by molar-refractivity contribution is 0.257. The minimum atomic E-state index is -3.92. The van der Waals surface area contributed by atoms with Gasteiger partial charge in [0.05, 0.1) is 4.90 Å². The molecule has 0 spiro atoms. The molecule has 0 heterocycles. The van der Waals surface area contributed by atoms with Gasteiger partial charge in [-0.15, -0.1) is 0 Å². The molecule has 0 saturated carbocycles. The molecule has 0 saturated heterocycles. The third-order valence-electron chi connectivity index (χ3n) is 1.83. The molecule has 0 aromatic heterocycles. The van der Waals surface area contributed by atoms with Crippen molar-refractivity contribution in [1.29, 1.82) is 0 Å². The number of hydrogen-bond acceptors (Lipinski definition) is 3. The fourth-order valence-electron chi connectivity index (χ4n) is 0.977. The standard InChI is InChI=1S/C10H10ClFO3S/c1-3-7(2)15-10-5-4-8(6-9(10)12)16(11,13)14/h3-7H,1H2,2H3. The molecule has 16 heavy (non-hydrogen) atoms. The highest BCUT2D eigenvalue weighted by Gasteiger charge is 2.14. The molecule has 0 bridgehead atoms. The van der Waals surface area contributed by atoms with E-state index in [1.54, 1.807) is 6.92 Å². The summed E-state index contributed by atoms with van der Waals surface area (Å²) < 4.78 is 40.4. The van der Waals surface area contributed by atoms with E-state index in [4.69, 9.17) is 15.4 Å². The monoisotopic (exact) mass is 264 g/mol. The average Bonchev–Trinajstić information content (AvgIpc) is 2.19. The second-order valence-corrected chi connectivity index (χ2v) is 5.65. The molecule has 0 fully saturated rings. The predicted octanol–water partition coefficient (Wildman–Crippen LogP) is 2.71. The molecule has 6 heteroatoms. The van der Waals surface area contributed by atoms with E-state index in [-0.39, 0.29) is 16.7 Å². The summed E-state index contributed by atoms with van der Waals surface area (Å²) in [6.07, 6.45) is 1.12. The zero-order chi connectivity index (χ0) is 12.3. The fraction of sp³-hybridized carbons (Fsp3) is 0.200. The summed E-state index contributed by atoms with van der Waals surface area (Å²) in [5, 5.41) is 0. The van der Waals surface area contributed by atoms with E-state index in [0.717, 1.165) is 6.07 Å². The highest BCUT2D eigenvalue weighted by atomic mass is 35.7. The Morgan fingerprint density at radius 3 is 2.62 bits per heavy atom. The summed E-state index contributed by atoms with van der Waals surface area (Å²) in [7, 11) is 1.14. The van der Waals surface area contributed by atoms with Crippen LogP contribution in [-0.4, -0.2) is 14.5 Å². The molecular weight excluding hydrogens is 255 g/mol. The maximum atomic E-state index is 13.4. The summed E-state index contributed by atoms with van der Waals surface area (Å²) in [6.45, 7) is 5.16. The molecule has 1 rings (SSSR count). The first-order valence-electron chi connectivity index (χ1n) is 4.38. The Morgan fingerprint density at radius 2 is 2.19 bits per heavy atom. The van der Waals surface area contributed by atoms with E-state index < -0.39 is 14.9 Å². The molecule has 0 amide bonds. The zero-order valence-electron chi connectivity index (χ0n) is 8.48. The van der Waals surface area contributed by atoms with E-state index in [9.17, 15) is 12.8 Å². The van der Waals surface area contributed by atoms with Crippen LogP contribution in [0.15, 0.2) is 35.7 Å². The van der Waals surface area contributed by atoms with Crippen LogP contribution in [0.4, 0.5) is 4.39 Å². The smallest absolute Gasteiger partial charge is 0.261 e. The highest BCUT2D eigenvalue weighted by molar-refractivity contribution is 8.13. The second-order valence-electron chi connectivity index (χ2n) is 3.09. The van der Waals surface area contributed by atoms with Gasteiger partial charge in [-0.05, 0) is 25.1 Å². The molecule has 1 atom stereocenters. The molecule has 88 valence electrons. The Morgan fingerprint density at radius 1 is 1.56 bits per heavy atom. The minimum absolute atomic E-state index is 0.0449. The molecule has 0 aliphatic carbocycles. The quantitative estimate of drug-likeness (QED) is 0.620. The Kier molecular flexibility index (Phi) is 3.93. The van der Waals surface area contributed by atoms with Crippen LogP contribution >= 0.6 is 10.7 Å². The van der Waals surface area contributed by atoms with E-state index in [1.807, 2.05) is 0 Å². The van der Waals surface area contributed by atoms with Gasteiger partial charge in [-0.3, -0.25) is 0 Å². The van der Waals surface area contributed by atoms with Crippen LogP contribution in [-0.2, 0) is 9.05 Å². The van der Waals surface area contributed by atoms with Gasteiger partial charge in [0.1, 0.15) is 6.10 Å². The highest BCUT2D eigenvalue weighted by Crippen LogP contribution is 2.24. The van der Waals surface area contributed by atoms with Gasteiger partial charge in [0, 0.05) is 10.7 Å². The Labute approximate surface area is 97.9 Å². The lowest BCUT2D eigenvalue weighted by Gasteiger charge is -2.11. The lowest BCUT2D eigenvalue weighted by atomic mass is 10.3. The molecule has 0 N–H and O–H groups in total. The van der Waals surface area contributed by atoms with Gasteiger partial charge >= 0.3 is 0 Å². The largest absolute Gasteiger partial charge is 0.484 e. The Balaban J connectivity index is 3.05. The van der Waals surface area contributed by atoms with Crippen molar-refractivity contribution in [1.82, 2.24) is 0 Å². The predicted molar refractivity (Wildman–Crippen MR) is 59.7 cm³/mol. The van der Waals surface area contributed by atoms with Crippen molar-refractivity contribution in [2.45, 2.75) is 17.9 Å². The van der Waals surface area contributed by atoms with Crippen LogP contribution < -0.4 is 4.74 Å². The van der Waals surface area contributed by atoms with E-state index in [0.29, 0.717) is 0 Å². The molecular formula is C10H10ClFO3S. The summed E-state index contributed by atoms with van der Waals surface area (Å²) in [6, 6.07) is 3.20. The van der Waals surface area contributed by atoms with Crippen molar-refractivity contribution < 1.29 is 17.5 Å². The molecule has 0 radical (unpaired) electrons. The molecule has 0 aliphatic heterocycles. The molecule has 1 unspecified atom stereocenters. The Bertz CT molecular complexity index is 499. The van der Waals surface area contributed by atoms with Crippen LogP contribution in [0, 0.1) is 5.82 Å². The average molecular weight is 265 g/mol. The topological polar surface area (TPSA) is 43.4 Å². The fourth-order valence-corrected chi connectivity index (χ4v) is 1.74. The first kappa shape index (κ1) is 13.0. The van der Waals surface area contributed by atoms with Crippen LogP contribution in [0.25, 0.3) is 0 Å². The van der Waals surface area contributed by atoms with Gasteiger partial charge in [0.25, 0.3) is 9.05 Å². The van der Waals surface area contributed by atoms with Gasteiger partial charge in [-0.2, -0.15) is 0 Å². The molecule has 0 aliphatic rings. The van der Waals surface area contributed by atoms with Gasteiger partial charge in [-0.1, -0.05) is 12.7 Å². The maximum Gasteiger partial charge on any atom is 0.261 e. The molecule has 3 nitrogen and oxygen atoms in total. The van der Waals surface area contributed by atoms with Crippen LogP contribution in [0.2, 0.25) is 0 Å². The van der Waals surface area contributed by atoms with Crippen molar-refractivity contribution in [3.05, 3.63) is 36.7 Å². The van der Waals surface area contributed by atoms with E-state index in [2.05, 4.69) is 6.58 Å². The third-order valence-corrected chi connectivity index (χ3v) is 3.18. The van der Waals surface area contributed by atoms with Crippen molar-refractivity contribution in [3.8, 4) is 5.75 Å². The zero-order valence-corrected chi connectivity index (χ0v) is 10.1. The maximum absolute atomic E-state index is 13.4. The molecule has 1 aromatic rings. The van der Waals surface area contributed by atoms with Gasteiger partial charge in [0.15, 0.2) is 11.6 Å². The number of hydrogen-bond donors (Lipinski definition) is 0. The van der Waals surface area contributed by atoms with Crippen molar-refractivity contribution in [2.24, 2.45) is 0 Å². The number of ether oxygens (including phenoxy) is 1. The van der Waals surface area contributed by atoms with Gasteiger partial charge < -0.3 is 4.74 Å². The van der Waals surface area contributed by atoms with Crippen molar-refractivity contribution >= 4 is 19.7 Å².